The Labute approximate surface area is 102 Å². The molecule has 2 rings (SSSR count). The second kappa shape index (κ2) is 4.63. The fraction of sp³-hybridized carbons (Fsp3) is 0.273. The topological polar surface area (TPSA) is 72.8 Å². The fourth-order valence-electron chi connectivity index (χ4n) is 1.52. The highest BCUT2D eigenvalue weighted by Gasteiger charge is 2.25. The van der Waals surface area contributed by atoms with Crippen molar-refractivity contribution in [3.05, 3.63) is 22.7 Å². The van der Waals surface area contributed by atoms with Gasteiger partial charge in [-0.1, -0.05) is 11.6 Å². The van der Waals surface area contributed by atoms with Gasteiger partial charge in [0.15, 0.2) is 11.5 Å². The highest BCUT2D eigenvalue weighted by Crippen LogP contribution is 2.39. The summed E-state index contributed by atoms with van der Waals surface area (Å²) in [6.45, 7) is 0.769. The van der Waals surface area contributed by atoms with Crippen LogP contribution < -0.4 is 9.47 Å². The second-order valence-corrected chi connectivity index (χ2v) is 3.85. The molecule has 1 N–H and O–H groups in total. The molecule has 0 spiro atoms. The van der Waals surface area contributed by atoms with E-state index >= 15 is 0 Å². The van der Waals surface area contributed by atoms with E-state index in [1.807, 2.05) is 0 Å². The summed E-state index contributed by atoms with van der Waals surface area (Å²) in [5, 5.41) is 8.99. The van der Waals surface area contributed by atoms with Crippen LogP contribution in [0.5, 0.6) is 11.5 Å². The lowest BCUT2D eigenvalue weighted by Gasteiger charge is -2.11. The number of carboxylic acid groups (broad SMARTS) is 1. The van der Waals surface area contributed by atoms with E-state index in [0.29, 0.717) is 24.7 Å². The lowest BCUT2D eigenvalue weighted by molar-refractivity contribution is -0.131. The molecular weight excluding hydrogens is 248 g/mol. The highest BCUT2D eigenvalue weighted by atomic mass is 35.5. The molecule has 0 bridgehead atoms. The van der Waals surface area contributed by atoms with E-state index < -0.39 is 11.8 Å². The molecule has 0 aliphatic carbocycles. The number of halogens is 1. The molecule has 0 aromatic heterocycles. The van der Waals surface area contributed by atoms with Crippen molar-refractivity contribution in [2.75, 3.05) is 13.2 Å². The van der Waals surface area contributed by atoms with Gasteiger partial charge in [0.05, 0.1) is 23.8 Å². The SMILES string of the molecule is O=C(O)C(=O)c1ccc(Cl)c2c1OCCCO2. The lowest BCUT2D eigenvalue weighted by atomic mass is 10.1. The maximum atomic E-state index is 11.5. The van der Waals surface area contributed by atoms with E-state index in [9.17, 15) is 9.59 Å². The lowest BCUT2D eigenvalue weighted by Crippen LogP contribution is -2.14. The van der Waals surface area contributed by atoms with E-state index in [2.05, 4.69) is 0 Å². The average molecular weight is 257 g/mol. The van der Waals surface area contributed by atoms with Crippen LogP contribution in [0.2, 0.25) is 5.02 Å². The van der Waals surface area contributed by atoms with E-state index in [-0.39, 0.29) is 17.1 Å². The predicted molar refractivity (Wildman–Crippen MR) is 59.0 cm³/mol. The van der Waals surface area contributed by atoms with Crippen LogP contribution in [-0.2, 0) is 4.79 Å². The summed E-state index contributed by atoms with van der Waals surface area (Å²) in [5.74, 6) is -2.23. The molecule has 5 nitrogen and oxygen atoms in total. The molecule has 0 saturated heterocycles. The number of aliphatic carboxylic acids is 1. The first kappa shape index (κ1) is 11.7. The Morgan fingerprint density at radius 1 is 1.18 bits per heavy atom. The van der Waals surface area contributed by atoms with Crippen molar-refractivity contribution in [2.24, 2.45) is 0 Å². The summed E-state index contributed by atoms with van der Waals surface area (Å²) in [4.78, 5) is 22.1. The highest BCUT2D eigenvalue weighted by molar-refractivity contribution is 6.41. The third-order valence-electron chi connectivity index (χ3n) is 2.28. The van der Waals surface area contributed by atoms with Gasteiger partial charge in [0, 0.05) is 6.42 Å². The Hall–Kier alpha value is -1.75. The minimum atomic E-state index is -1.54. The summed E-state index contributed by atoms with van der Waals surface area (Å²) in [5.41, 5.74) is -0.0428. The first-order chi connectivity index (χ1) is 8.11. The number of hydrogen-bond donors (Lipinski definition) is 1. The van der Waals surface area contributed by atoms with E-state index in [0.717, 1.165) is 0 Å². The molecule has 0 unspecified atom stereocenters. The number of ketones is 1. The van der Waals surface area contributed by atoms with Crippen molar-refractivity contribution in [1.82, 2.24) is 0 Å². The first-order valence-corrected chi connectivity index (χ1v) is 5.35. The van der Waals surface area contributed by atoms with Crippen molar-refractivity contribution in [1.29, 1.82) is 0 Å². The van der Waals surface area contributed by atoms with Crippen LogP contribution in [0.1, 0.15) is 16.8 Å². The molecule has 6 heteroatoms. The van der Waals surface area contributed by atoms with Gasteiger partial charge in [-0.3, -0.25) is 4.79 Å². The van der Waals surface area contributed by atoms with Crippen LogP contribution in [0, 0.1) is 0 Å². The van der Waals surface area contributed by atoms with Gasteiger partial charge in [0.1, 0.15) is 0 Å². The minimum Gasteiger partial charge on any atom is -0.489 e. The van der Waals surface area contributed by atoms with E-state index in [4.69, 9.17) is 26.2 Å². The molecule has 0 radical (unpaired) electrons. The van der Waals surface area contributed by atoms with Gasteiger partial charge >= 0.3 is 5.97 Å². The average Bonchev–Trinajstić information content (AvgIpc) is 2.54. The van der Waals surface area contributed by atoms with Crippen LogP contribution in [0.25, 0.3) is 0 Å². The molecule has 0 atom stereocenters. The maximum Gasteiger partial charge on any atom is 0.377 e. The largest absolute Gasteiger partial charge is 0.489 e. The third-order valence-corrected chi connectivity index (χ3v) is 2.58. The number of benzene rings is 1. The van der Waals surface area contributed by atoms with Crippen molar-refractivity contribution in [2.45, 2.75) is 6.42 Å². The molecule has 1 heterocycles. The Morgan fingerprint density at radius 2 is 1.82 bits per heavy atom. The minimum absolute atomic E-state index is 0.0428. The number of Topliss-reactive ketones (excluding diaryl/α,β-unsaturated/α-hetero) is 1. The quantitative estimate of drug-likeness (QED) is 0.645. The molecule has 17 heavy (non-hydrogen) atoms. The summed E-state index contributed by atoms with van der Waals surface area (Å²) < 4.78 is 10.7. The Bertz CT molecular complexity index is 483. The maximum absolute atomic E-state index is 11.5. The fourth-order valence-corrected chi connectivity index (χ4v) is 1.72. The van der Waals surface area contributed by atoms with Gasteiger partial charge in [0.2, 0.25) is 0 Å². The Balaban J connectivity index is 2.54. The van der Waals surface area contributed by atoms with Crippen LogP contribution in [0.15, 0.2) is 12.1 Å². The van der Waals surface area contributed by atoms with Crippen molar-refractivity contribution in [3.8, 4) is 11.5 Å². The van der Waals surface area contributed by atoms with Crippen LogP contribution >= 0.6 is 11.6 Å². The van der Waals surface area contributed by atoms with Gasteiger partial charge < -0.3 is 14.6 Å². The molecule has 1 aromatic rings. The van der Waals surface area contributed by atoms with E-state index in [1.165, 1.54) is 12.1 Å². The number of hydrogen-bond acceptors (Lipinski definition) is 4. The molecule has 1 aromatic carbocycles. The van der Waals surface area contributed by atoms with E-state index in [1.54, 1.807) is 0 Å². The molecule has 1 aliphatic heterocycles. The number of fused-ring (bicyclic) bond motifs is 1. The number of rotatable bonds is 2. The summed E-state index contributed by atoms with van der Waals surface area (Å²) in [7, 11) is 0. The van der Waals surface area contributed by atoms with Crippen molar-refractivity contribution >= 4 is 23.4 Å². The predicted octanol–water partition coefficient (Wildman–Crippen LogP) is 1.77. The van der Waals surface area contributed by atoms with Gasteiger partial charge in [-0.15, -0.1) is 0 Å². The van der Waals surface area contributed by atoms with Crippen molar-refractivity contribution in [3.63, 3.8) is 0 Å². The molecule has 1 aliphatic rings. The molecule has 0 amide bonds. The van der Waals surface area contributed by atoms with Crippen molar-refractivity contribution < 1.29 is 24.2 Å². The van der Waals surface area contributed by atoms with Gasteiger partial charge in [-0.05, 0) is 12.1 Å². The number of carbonyl (C=O) groups is 2. The zero-order valence-electron chi connectivity index (χ0n) is 8.73. The summed E-state index contributed by atoms with van der Waals surface area (Å²) >= 11 is 5.91. The molecule has 90 valence electrons. The zero-order chi connectivity index (χ0) is 12.4. The third kappa shape index (κ3) is 2.19. The summed E-state index contributed by atoms with van der Waals surface area (Å²) in [6, 6.07) is 2.75. The van der Waals surface area contributed by atoms with Crippen LogP contribution in [0.4, 0.5) is 0 Å². The number of carboxylic acids is 1. The normalized spacial score (nSPS) is 13.9. The molecule has 0 saturated carbocycles. The zero-order valence-corrected chi connectivity index (χ0v) is 9.49. The number of ether oxygens (including phenoxy) is 2. The number of carbonyl (C=O) groups excluding carboxylic acids is 1. The second-order valence-electron chi connectivity index (χ2n) is 3.44. The standard InChI is InChI=1S/C11H9ClO5/c12-7-3-2-6(8(13)11(14)15)9-10(7)17-5-1-4-16-9/h2-3H,1,4-5H2,(H,14,15). The van der Waals surface area contributed by atoms with Gasteiger partial charge in [-0.2, -0.15) is 0 Å². The summed E-state index contributed by atoms with van der Waals surface area (Å²) in [6.07, 6.45) is 0.645. The van der Waals surface area contributed by atoms with Crippen LogP contribution in [0.3, 0.4) is 0 Å². The smallest absolute Gasteiger partial charge is 0.377 e. The monoisotopic (exact) mass is 256 g/mol. The van der Waals surface area contributed by atoms with Crippen LogP contribution in [-0.4, -0.2) is 30.1 Å². The molecule has 0 fully saturated rings. The first-order valence-electron chi connectivity index (χ1n) is 4.97. The Kier molecular flexibility index (Phi) is 3.19. The van der Waals surface area contributed by atoms with Gasteiger partial charge in [0.25, 0.3) is 5.78 Å². The molecular formula is C11H9ClO5. The Morgan fingerprint density at radius 3 is 2.47 bits per heavy atom. The van der Waals surface area contributed by atoms with Gasteiger partial charge in [-0.25, -0.2) is 4.79 Å².